The first kappa shape index (κ1) is 12.2. The van der Waals surface area contributed by atoms with Gasteiger partial charge in [-0.2, -0.15) is 0 Å². The maximum atomic E-state index is 11.0. The molecule has 1 aromatic rings. The molecule has 0 saturated carbocycles. The molecule has 1 unspecified atom stereocenters. The number of amides is 1. The molecule has 0 spiro atoms. The summed E-state index contributed by atoms with van der Waals surface area (Å²) in [5.41, 5.74) is 6.56. The molecule has 6 heteroatoms. The van der Waals surface area contributed by atoms with E-state index in [-0.39, 0.29) is 23.2 Å². The minimum atomic E-state index is -1.05. The van der Waals surface area contributed by atoms with Crippen molar-refractivity contribution in [1.29, 1.82) is 0 Å². The van der Waals surface area contributed by atoms with Crippen molar-refractivity contribution in [3.05, 3.63) is 23.8 Å². The topological polar surface area (TPSA) is 104 Å². The average molecular weight is 249 g/mol. The minimum Gasteiger partial charge on any atom is -0.478 e. The molecule has 18 heavy (non-hydrogen) atoms. The number of nitrogen functional groups attached to an aromatic ring is 1. The van der Waals surface area contributed by atoms with E-state index in [1.54, 1.807) is 12.1 Å². The van der Waals surface area contributed by atoms with Crippen LogP contribution in [0.15, 0.2) is 18.2 Å². The molecule has 5 N–H and O–H groups in total. The Labute approximate surface area is 104 Å². The SMILES string of the molecule is Nc1ccc(NCC2CCC(=O)N2)cc1C(=O)O. The van der Waals surface area contributed by atoms with Gasteiger partial charge in [-0.25, -0.2) is 4.79 Å². The van der Waals surface area contributed by atoms with E-state index in [1.165, 1.54) is 6.07 Å². The van der Waals surface area contributed by atoms with Crippen LogP contribution >= 0.6 is 0 Å². The van der Waals surface area contributed by atoms with Crippen LogP contribution in [0.25, 0.3) is 0 Å². The van der Waals surface area contributed by atoms with Crippen molar-refractivity contribution in [3.8, 4) is 0 Å². The highest BCUT2D eigenvalue weighted by Gasteiger charge is 2.20. The van der Waals surface area contributed by atoms with Crippen molar-refractivity contribution < 1.29 is 14.7 Å². The summed E-state index contributed by atoms with van der Waals surface area (Å²) in [6.07, 6.45) is 1.35. The van der Waals surface area contributed by atoms with Crippen molar-refractivity contribution in [3.63, 3.8) is 0 Å². The second-order valence-electron chi connectivity index (χ2n) is 4.29. The van der Waals surface area contributed by atoms with Crippen LogP contribution in [0.1, 0.15) is 23.2 Å². The van der Waals surface area contributed by atoms with Crippen molar-refractivity contribution in [2.24, 2.45) is 0 Å². The van der Waals surface area contributed by atoms with Crippen LogP contribution in [-0.4, -0.2) is 29.6 Å². The van der Waals surface area contributed by atoms with Gasteiger partial charge in [0, 0.05) is 30.4 Å². The molecule has 1 aliphatic heterocycles. The molecular formula is C12H15N3O3. The molecular weight excluding hydrogens is 234 g/mol. The minimum absolute atomic E-state index is 0.0605. The first-order valence-corrected chi connectivity index (χ1v) is 5.72. The standard InChI is InChI=1S/C12H15N3O3/c13-10-3-1-7(5-9(10)12(17)18)14-6-8-2-4-11(16)15-8/h1,3,5,8,14H,2,4,6,13H2,(H,15,16)(H,17,18). The largest absolute Gasteiger partial charge is 0.478 e. The number of carbonyl (C=O) groups excluding carboxylic acids is 1. The monoisotopic (exact) mass is 249 g/mol. The molecule has 0 radical (unpaired) electrons. The van der Waals surface area contributed by atoms with Crippen LogP contribution in [0.2, 0.25) is 0 Å². The lowest BCUT2D eigenvalue weighted by molar-refractivity contribution is -0.119. The Morgan fingerprint density at radius 3 is 2.94 bits per heavy atom. The van der Waals surface area contributed by atoms with Gasteiger partial charge in [0.2, 0.25) is 5.91 Å². The number of carboxylic acid groups (broad SMARTS) is 1. The van der Waals surface area contributed by atoms with Crippen LogP contribution < -0.4 is 16.4 Å². The Morgan fingerprint density at radius 1 is 1.56 bits per heavy atom. The predicted octanol–water partition coefficient (Wildman–Crippen LogP) is 0.657. The quantitative estimate of drug-likeness (QED) is 0.587. The number of rotatable bonds is 4. The summed E-state index contributed by atoms with van der Waals surface area (Å²) in [5, 5.41) is 14.9. The maximum Gasteiger partial charge on any atom is 0.337 e. The number of hydrogen-bond acceptors (Lipinski definition) is 4. The Kier molecular flexibility index (Phi) is 3.36. The van der Waals surface area contributed by atoms with Gasteiger partial charge in [0.1, 0.15) is 0 Å². The highest BCUT2D eigenvalue weighted by molar-refractivity contribution is 5.94. The molecule has 1 amide bonds. The second-order valence-corrected chi connectivity index (χ2v) is 4.29. The Hall–Kier alpha value is -2.24. The lowest BCUT2D eigenvalue weighted by atomic mass is 10.1. The lowest BCUT2D eigenvalue weighted by Crippen LogP contribution is -2.31. The Balaban J connectivity index is 1.99. The average Bonchev–Trinajstić information content (AvgIpc) is 2.74. The van der Waals surface area contributed by atoms with Crippen molar-refractivity contribution >= 4 is 23.3 Å². The predicted molar refractivity (Wildman–Crippen MR) is 67.5 cm³/mol. The summed E-state index contributed by atoms with van der Waals surface area (Å²) in [6, 6.07) is 4.87. The summed E-state index contributed by atoms with van der Waals surface area (Å²) < 4.78 is 0. The first-order chi connectivity index (χ1) is 8.56. The fourth-order valence-electron chi connectivity index (χ4n) is 1.92. The van der Waals surface area contributed by atoms with Gasteiger partial charge in [0.15, 0.2) is 0 Å². The number of hydrogen-bond donors (Lipinski definition) is 4. The summed E-state index contributed by atoms with van der Waals surface area (Å²) in [5.74, 6) is -0.990. The summed E-state index contributed by atoms with van der Waals surface area (Å²) in [4.78, 5) is 21.9. The molecule has 2 rings (SSSR count). The third kappa shape index (κ3) is 2.71. The van der Waals surface area contributed by atoms with Gasteiger partial charge in [-0.3, -0.25) is 4.79 Å². The molecule has 0 bridgehead atoms. The third-order valence-electron chi connectivity index (χ3n) is 2.92. The highest BCUT2D eigenvalue weighted by Crippen LogP contribution is 2.18. The summed E-state index contributed by atoms with van der Waals surface area (Å²) >= 11 is 0. The zero-order valence-corrected chi connectivity index (χ0v) is 9.77. The van der Waals surface area contributed by atoms with Crippen molar-refractivity contribution in [2.45, 2.75) is 18.9 Å². The zero-order chi connectivity index (χ0) is 13.1. The molecule has 1 atom stereocenters. The van der Waals surface area contributed by atoms with Gasteiger partial charge in [0.05, 0.1) is 5.56 Å². The first-order valence-electron chi connectivity index (χ1n) is 5.72. The molecule has 0 aliphatic carbocycles. The molecule has 1 saturated heterocycles. The molecule has 1 heterocycles. The van der Waals surface area contributed by atoms with Gasteiger partial charge in [-0.15, -0.1) is 0 Å². The van der Waals surface area contributed by atoms with E-state index in [9.17, 15) is 9.59 Å². The Morgan fingerprint density at radius 2 is 2.33 bits per heavy atom. The molecule has 6 nitrogen and oxygen atoms in total. The second kappa shape index (κ2) is 4.95. The smallest absolute Gasteiger partial charge is 0.337 e. The number of carbonyl (C=O) groups is 2. The molecule has 1 aliphatic rings. The van der Waals surface area contributed by atoms with Gasteiger partial charge < -0.3 is 21.5 Å². The summed E-state index contributed by atoms with van der Waals surface area (Å²) in [6.45, 7) is 0.578. The van der Waals surface area contributed by atoms with Crippen LogP contribution in [0.5, 0.6) is 0 Å². The summed E-state index contributed by atoms with van der Waals surface area (Å²) in [7, 11) is 0. The van der Waals surface area contributed by atoms with E-state index in [1.807, 2.05) is 0 Å². The molecule has 0 aromatic heterocycles. The van der Waals surface area contributed by atoms with Crippen molar-refractivity contribution in [2.75, 3.05) is 17.6 Å². The fraction of sp³-hybridized carbons (Fsp3) is 0.333. The maximum absolute atomic E-state index is 11.0. The normalized spacial score (nSPS) is 18.4. The molecule has 1 aromatic carbocycles. The van der Waals surface area contributed by atoms with Crippen molar-refractivity contribution in [1.82, 2.24) is 5.32 Å². The van der Waals surface area contributed by atoms with E-state index in [0.29, 0.717) is 18.7 Å². The van der Waals surface area contributed by atoms with Gasteiger partial charge >= 0.3 is 5.97 Å². The molecule has 1 fully saturated rings. The van der Waals surface area contributed by atoms with Crippen LogP contribution in [0, 0.1) is 0 Å². The number of benzene rings is 1. The zero-order valence-electron chi connectivity index (χ0n) is 9.77. The number of anilines is 2. The number of nitrogens with two attached hydrogens (primary N) is 1. The highest BCUT2D eigenvalue weighted by atomic mass is 16.4. The number of aromatic carboxylic acids is 1. The van der Waals surface area contributed by atoms with Gasteiger partial charge in [-0.1, -0.05) is 0 Å². The van der Waals surface area contributed by atoms with Crippen LogP contribution in [0.3, 0.4) is 0 Å². The van der Waals surface area contributed by atoms with Crippen LogP contribution in [0.4, 0.5) is 11.4 Å². The fourth-order valence-corrected chi connectivity index (χ4v) is 1.92. The van der Waals surface area contributed by atoms with Crippen LogP contribution in [-0.2, 0) is 4.79 Å². The van der Waals surface area contributed by atoms with Gasteiger partial charge in [-0.05, 0) is 24.6 Å². The lowest BCUT2D eigenvalue weighted by Gasteiger charge is -2.13. The van der Waals surface area contributed by atoms with E-state index in [2.05, 4.69) is 10.6 Å². The van der Waals surface area contributed by atoms with E-state index in [0.717, 1.165) is 6.42 Å². The van der Waals surface area contributed by atoms with Gasteiger partial charge in [0.25, 0.3) is 0 Å². The number of carboxylic acids is 1. The van der Waals surface area contributed by atoms with E-state index >= 15 is 0 Å². The Bertz CT molecular complexity index is 487. The number of nitrogens with one attached hydrogen (secondary N) is 2. The van der Waals surface area contributed by atoms with E-state index < -0.39 is 5.97 Å². The third-order valence-corrected chi connectivity index (χ3v) is 2.92. The molecule has 96 valence electrons. The van der Waals surface area contributed by atoms with E-state index in [4.69, 9.17) is 10.8 Å².